The van der Waals surface area contributed by atoms with Crippen LogP contribution in [-0.2, 0) is 21.5 Å². The van der Waals surface area contributed by atoms with Crippen LogP contribution in [0.5, 0.6) is 0 Å². The van der Waals surface area contributed by atoms with Gasteiger partial charge in [0.15, 0.2) is 0 Å². The minimum absolute atomic E-state index is 0.00116. The van der Waals surface area contributed by atoms with Gasteiger partial charge in [0, 0.05) is 25.6 Å². The molecule has 1 fully saturated rings. The molecule has 2 rings (SSSR count). The average molecular weight is 208 g/mol. The van der Waals surface area contributed by atoms with E-state index in [4.69, 9.17) is 0 Å². The van der Waals surface area contributed by atoms with Crippen LogP contribution in [0.4, 0.5) is 0 Å². The van der Waals surface area contributed by atoms with Crippen molar-refractivity contribution < 1.29 is 14.7 Å². The smallest absolute Gasteiger partial charge is 0.316 e. The van der Waals surface area contributed by atoms with Gasteiger partial charge in [-0.05, 0) is 6.92 Å². The maximum atomic E-state index is 11.2. The molecule has 1 N–H and O–H groups in total. The summed E-state index contributed by atoms with van der Waals surface area (Å²) in [5, 5.41) is 9.20. The molecule has 0 atom stereocenters. The zero-order valence-corrected chi connectivity index (χ0v) is 8.43. The molecule has 0 aromatic carbocycles. The lowest BCUT2D eigenvalue weighted by Crippen LogP contribution is -2.49. The maximum Gasteiger partial charge on any atom is 0.316 e. The van der Waals surface area contributed by atoms with Gasteiger partial charge in [0.2, 0.25) is 0 Å². The van der Waals surface area contributed by atoms with E-state index in [1.54, 1.807) is 17.1 Å². The van der Waals surface area contributed by atoms with Crippen molar-refractivity contribution in [2.75, 3.05) is 0 Å². The van der Waals surface area contributed by atoms with Gasteiger partial charge in [-0.15, -0.1) is 0 Å². The Balaban J connectivity index is 2.43. The van der Waals surface area contributed by atoms with E-state index >= 15 is 0 Å². The summed E-state index contributed by atoms with van der Waals surface area (Å²) in [5.41, 5.74) is -0.388. The first-order valence-electron chi connectivity index (χ1n) is 4.86. The summed E-state index contributed by atoms with van der Waals surface area (Å²) in [7, 11) is 0. The molecule has 1 aromatic rings. The van der Waals surface area contributed by atoms with E-state index < -0.39 is 11.4 Å². The van der Waals surface area contributed by atoms with Crippen LogP contribution in [0.25, 0.3) is 0 Å². The van der Waals surface area contributed by atoms with Gasteiger partial charge in [0.25, 0.3) is 0 Å². The number of nitrogens with zero attached hydrogens (tertiary/aromatic N) is 2. The number of aliphatic carboxylic acids is 1. The lowest BCUT2D eigenvalue weighted by atomic mass is 9.66. The molecule has 1 heterocycles. The number of aryl methyl sites for hydroxylation is 1. The van der Waals surface area contributed by atoms with Crippen molar-refractivity contribution in [1.29, 1.82) is 0 Å². The summed E-state index contributed by atoms with van der Waals surface area (Å²) in [6, 6.07) is 0. The Bertz CT molecular complexity index is 414. The Morgan fingerprint density at radius 1 is 1.67 bits per heavy atom. The molecule has 0 aliphatic heterocycles. The fraction of sp³-hybridized carbons (Fsp3) is 0.500. The quantitative estimate of drug-likeness (QED) is 0.789. The molecule has 5 heteroatoms. The molecular formula is C10H12N2O3. The predicted octanol–water partition coefficient (Wildman–Crippen LogP) is 0.588. The molecule has 1 aliphatic carbocycles. The van der Waals surface area contributed by atoms with E-state index in [2.05, 4.69) is 4.98 Å². The summed E-state index contributed by atoms with van der Waals surface area (Å²) >= 11 is 0. The topological polar surface area (TPSA) is 72.2 Å². The lowest BCUT2D eigenvalue weighted by molar-refractivity contribution is -0.153. The number of ketones is 1. The van der Waals surface area contributed by atoms with Crippen LogP contribution in [0.3, 0.4) is 0 Å². The number of Topliss-reactive ketones (excluding diaryl/α,β-unsaturated/α-hetero) is 1. The van der Waals surface area contributed by atoms with Crippen LogP contribution in [0.1, 0.15) is 25.5 Å². The third kappa shape index (κ3) is 1.26. The third-order valence-corrected chi connectivity index (χ3v) is 2.95. The molecule has 15 heavy (non-hydrogen) atoms. The highest BCUT2D eigenvalue weighted by atomic mass is 16.4. The molecule has 5 nitrogen and oxygen atoms in total. The minimum Gasteiger partial charge on any atom is -0.481 e. The summed E-state index contributed by atoms with van der Waals surface area (Å²) in [6.45, 7) is 2.58. The molecule has 1 aromatic heterocycles. The molecule has 0 radical (unpaired) electrons. The van der Waals surface area contributed by atoms with E-state index in [9.17, 15) is 14.7 Å². The number of hydrogen-bond donors (Lipinski definition) is 1. The number of carboxylic acid groups (broad SMARTS) is 1. The third-order valence-electron chi connectivity index (χ3n) is 2.95. The second kappa shape index (κ2) is 3.18. The Kier molecular flexibility index (Phi) is 2.10. The van der Waals surface area contributed by atoms with E-state index in [-0.39, 0.29) is 18.6 Å². The predicted molar refractivity (Wildman–Crippen MR) is 51.5 cm³/mol. The molecule has 0 saturated heterocycles. The summed E-state index contributed by atoms with van der Waals surface area (Å²) in [6.07, 6.45) is 3.33. The van der Waals surface area contributed by atoms with Crippen LogP contribution in [0.15, 0.2) is 12.5 Å². The summed E-state index contributed by atoms with van der Waals surface area (Å²) < 4.78 is 1.78. The van der Waals surface area contributed by atoms with Crippen LogP contribution in [0.2, 0.25) is 0 Å². The maximum absolute atomic E-state index is 11.2. The standard InChI is InChI=1S/C10H12N2O3/c1-2-12-6-11-5-8(12)10(9(14)15)3-7(13)4-10/h5-6H,2-4H2,1H3,(H,14,15). The van der Waals surface area contributed by atoms with Gasteiger partial charge in [-0.25, -0.2) is 4.98 Å². The van der Waals surface area contributed by atoms with Gasteiger partial charge < -0.3 is 9.67 Å². The van der Waals surface area contributed by atoms with Gasteiger partial charge >= 0.3 is 5.97 Å². The fourth-order valence-electron chi connectivity index (χ4n) is 2.03. The molecule has 1 saturated carbocycles. The zero-order valence-electron chi connectivity index (χ0n) is 8.43. The molecule has 80 valence electrons. The van der Waals surface area contributed by atoms with Crippen molar-refractivity contribution in [2.24, 2.45) is 0 Å². The van der Waals surface area contributed by atoms with Crippen LogP contribution >= 0.6 is 0 Å². The SMILES string of the molecule is CCn1cncc1C1(C(=O)O)CC(=O)C1. The molecular weight excluding hydrogens is 196 g/mol. The first-order valence-corrected chi connectivity index (χ1v) is 4.86. The largest absolute Gasteiger partial charge is 0.481 e. The lowest BCUT2D eigenvalue weighted by Gasteiger charge is -2.36. The van der Waals surface area contributed by atoms with Gasteiger partial charge in [-0.1, -0.05) is 0 Å². The van der Waals surface area contributed by atoms with Gasteiger partial charge in [0.05, 0.1) is 12.0 Å². The average Bonchev–Trinajstić information content (AvgIpc) is 2.59. The van der Waals surface area contributed by atoms with Gasteiger partial charge in [-0.2, -0.15) is 0 Å². The second-order valence-corrected chi connectivity index (χ2v) is 3.84. The Morgan fingerprint density at radius 3 is 2.80 bits per heavy atom. The Labute approximate surface area is 86.7 Å². The molecule has 0 amide bonds. The fourth-order valence-corrected chi connectivity index (χ4v) is 2.03. The second-order valence-electron chi connectivity index (χ2n) is 3.84. The highest BCUT2D eigenvalue weighted by Gasteiger charge is 2.53. The first-order chi connectivity index (χ1) is 7.10. The monoisotopic (exact) mass is 208 g/mol. The van der Waals surface area contributed by atoms with E-state index in [1.165, 1.54) is 0 Å². The number of carbonyl (C=O) groups is 2. The number of carboxylic acids is 1. The van der Waals surface area contributed by atoms with Crippen molar-refractivity contribution >= 4 is 11.8 Å². The van der Waals surface area contributed by atoms with Crippen molar-refractivity contribution in [3.05, 3.63) is 18.2 Å². The summed E-state index contributed by atoms with van der Waals surface area (Å²) in [5.74, 6) is -0.932. The van der Waals surface area contributed by atoms with Crippen LogP contribution < -0.4 is 0 Å². The normalized spacial score (nSPS) is 18.6. The Hall–Kier alpha value is -1.65. The number of hydrogen-bond acceptors (Lipinski definition) is 3. The van der Waals surface area contributed by atoms with Gasteiger partial charge in [-0.3, -0.25) is 9.59 Å². The Morgan fingerprint density at radius 2 is 2.33 bits per heavy atom. The molecule has 0 bridgehead atoms. The molecule has 0 spiro atoms. The molecule has 1 aliphatic rings. The zero-order chi connectivity index (χ0) is 11.1. The molecule has 0 unspecified atom stereocenters. The summed E-state index contributed by atoms with van der Waals surface area (Å²) in [4.78, 5) is 26.2. The minimum atomic E-state index is -1.02. The van der Waals surface area contributed by atoms with Gasteiger partial charge in [0.1, 0.15) is 11.2 Å². The van der Waals surface area contributed by atoms with Crippen molar-refractivity contribution in [1.82, 2.24) is 9.55 Å². The van der Waals surface area contributed by atoms with Crippen LogP contribution in [0, 0.1) is 0 Å². The number of imidazole rings is 1. The number of rotatable bonds is 3. The first kappa shape index (κ1) is 9.89. The highest BCUT2D eigenvalue weighted by molar-refractivity contribution is 6.01. The number of aromatic nitrogens is 2. The van der Waals surface area contributed by atoms with Crippen molar-refractivity contribution in [3.63, 3.8) is 0 Å². The van der Waals surface area contributed by atoms with Crippen LogP contribution in [-0.4, -0.2) is 26.4 Å². The van der Waals surface area contributed by atoms with Crippen molar-refractivity contribution in [3.8, 4) is 0 Å². The highest BCUT2D eigenvalue weighted by Crippen LogP contribution is 2.41. The van der Waals surface area contributed by atoms with E-state index in [0.717, 1.165) is 0 Å². The van der Waals surface area contributed by atoms with E-state index in [1.807, 2.05) is 6.92 Å². The van der Waals surface area contributed by atoms with E-state index in [0.29, 0.717) is 12.2 Å². The van der Waals surface area contributed by atoms with Crippen molar-refractivity contribution in [2.45, 2.75) is 31.7 Å². The number of carbonyl (C=O) groups excluding carboxylic acids is 1.